The van der Waals surface area contributed by atoms with Crippen molar-refractivity contribution in [2.24, 2.45) is 0 Å². The maximum atomic E-state index is 14.4. The second-order valence-electron chi connectivity index (χ2n) is 6.30. The van der Waals surface area contributed by atoms with E-state index in [0.29, 0.717) is 20.8 Å². The highest BCUT2D eigenvalue weighted by Crippen LogP contribution is 2.21. The van der Waals surface area contributed by atoms with Crippen LogP contribution >= 0.6 is 11.6 Å². The normalized spacial score (nSPS) is 11.1. The first-order valence-electron chi connectivity index (χ1n) is 8.96. The van der Waals surface area contributed by atoms with Gasteiger partial charge in [-0.2, -0.15) is 0 Å². The van der Waals surface area contributed by atoms with Gasteiger partial charge in [0.25, 0.3) is 5.56 Å². The Morgan fingerprint density at radius 2 is 1.70 bits per heavy atom. The van der Waals surface area contributed by atoms with E-state index in [1.807, 2.05) is 0 Å². The number of halogens is 2. The van der Waals surface area contributed by atoms with Gasteiger partial charge >= 0.3 is 5.97 Å². The maximum Gasteiger partial charge on any atom is 0.356 e. The van der Waals surface area contributed by atoms with Gasteiger partial charge in [0, 0.05) is 11.1 Å². The minimum Gasteiger partial charge on any atom is -0.327 e. The van der Waals surface area contributed by atoms with Crippen molar-refractivity contribution in [3.8, 4) is 11.4 Å². The molecule has 0 aliphatic carbocycles. The van der Waals surface area contributed by atoms with Gasteiger partial charge in [-0.1, -0.05) is 54.1 Å². The van der Waals surface area contributed by atoms with Crippen molar-refractivity contribution in [1.82, 2.24) is 9.71 Å². The molecule has 0 saturated heterocycles. The van der Waals surface area contributed by atoms with E-state index in [0.717, 1.165) is 6.08 Å². The van der Waals surface area contributed by atoms with Gasteiger partial charge in [0.15, 0.2) is 5.82 Å². The number of carbonyl (C=O) groups is 1. The maximum absolute atomic E-state index is 14.4. The number of nitrogens with zero attached hydrogens (tertiary/aromatic N) is 2. The molecule has 0 saturated carbocycles. The zero-order chi connectivity index (χ0) is 21.1. The predicted molar refractivity (Wildman–Crippen MR) is 113 cm³/mol. The first-order valence-corrected chi connectivity index (χ1v) is 9.34. The number of aromatic nitrogens is 2. The van der Waals surface area contributed by atoms with E-state index in [4.69, 9.17) is 16.4 Å². The number of rotatable bonds is 4. The number of hydrogen-bond acceptors (Lipinski definition) is 4. The molecule has 0 unspecified atom stereocenters. The zero-order valence-electron chi connectivity index (χ0n) is 15.5. The van der Waals surface area contributed by atoms with Crippen molar-refractivity contribution in [3.05, 3.63) is 106 Å². The first kappa shape index (κ1) is 19.5. The van der Waals surface area contributed by atoms with Crippen LogP contribution in [0, 0.1) is 5.82 Å². The molecule has 0 N–H and O–H groups in total. The predicted octanol–water partition coefficient (Wildman–Crippen LogP) is 4.52. The van der Waals surface area contributed by atoms with Crippen molar-refractivity contribution >= 4 is 34.5 Å². The van der Waals surface area contributed by atoms with Gasteiger partial charge in [0.2, 0.25) is 0 Å². The summed E-state index contributed by atoms with van der Waals surface area (Å²) in [6.45, 7) is 0. The summed E-state index contributed by atoms with van der Waals surface area (Å²) < 4.78 is 15.1. The third kappa shape index (κ3) is 3.86. The standard InChI is InChI=1S/C23H14ClFN2O3/c24-18-10-4-1-7-15(18)13-14-21(28)30-27-22(16-8-2-5-11-19(16)25)26-20-12-6-3-9-17(20)23(27)29/h1-14H. The van der Waals surface area contributed by atoms with Crippen LogP contribution in [0.3, 0.4) is 0 Å². The van der Waals surface area contributed by atoms with E-state index in [-0.39, 0.29) is 16.8 Å². The quantitative estimate of drug-likeness (QED) is 0.455. The monoisotopic (exact) mass is 420 g/mol. The molecule has 0 radical (unpaired) electrons. The zero-order valence-corrected chi connectivity index (χ0v) is 16.2. The van der Waals surface area contributed by atoms with Crippen LogP contribution in [0.4, 0.5) is 4.39 Å². The molecule has 7 heteroatoms. The van der Waals surface area contributed by atoms with E-state index in [9.17, 15) is 14.0 Å². The van der Waals surface area contributed by atoms with Crippen LogP contribution in [-0.2, 0) is 4.79 Å². The summed E-state index contributed by atoms with van der Waals surface area (Å²) in [5.41, 5.74) is 0.371. The van der Waals surface area contributed by atoms with E-state index in [1.165, 1.54) is 24.3 Å². The third-order valence-electron chi connectivity index (χ3n) is 4.34. The highest BCUT2D eigenvalue weighted by molar-refractivity contribution is 6.32. The molecule has 0 aliphatic heterocycles. The van der Waals surface area contributed by atoms with E-state index < -0.39 is 17.3 Å². The fourth-order valence-electron chi connectivity index (χ4n) is 2.90. The van der Waals surface area contributed by atoms with Gasteiger partial charge in [0.1, 0.15) is 5.82 Å². The van der Waals surface area contributed by atoms with E-state index in [2.05, 4.69) is 4.98 Å². The Bertz CT molecular complexity index is 1350. The Morgan fingerprint density at radius 3 is 2.50 bits per heavy atom. The van der Waals surface area contributed by atoms with Gasteiger partial charge in [-0.15, -0.1) is 4.73 Å². The molecule has 0 atom stereocenters. The van der Waals surface area contributed by atoms with Crippen molar-refractivity contribution < 1.29 is 14.0 Å². The summed E-state index contributed by atoms with van der Waals surface area (Å²) in [5.74, 6) is -1.56. The lowest BCUT2D eigenvalue weighted by atomic mass is 10.2. The summed E-state index contributed by atoms with van der Waals surface area (Å²) in [6, 6.07) is 19.3. The Balaban J connectivity index is 1.79. The molecule has 0 aliphatic rings. The molecule has 5 nitrogen and oxygen atoms in total. The minimum atomic E-state index is -0.841. The molecule has 1 aromatic heterocycles. The minimum absolute atomic E-state index is 0.0308. The summed E-state index contributed by atoms with van der Waals surface area (Å²) in [4.78, 5) is 35.0. The molecule has 1 heterocycles. The lowest BCUT2D eigenvalue weighted by molar-refractivity contribution is -0.138. The number of benzene rings is 3. The van der Waals surface area contributed by atoms with Gasteiger partial charge in [-0.05, 0) is 42.0 Å². The molecule has 3 aromatic carbocycles. The van der Waals surface area contributed by atoms with E-state index in [1.54, 1.807) is 54.6 Å². The lowest BCUT2D eigenvalue weighted by Crippen LogP contribution is -2.32. The van der Waals surface area contributed by atoms with Crippen LogP contribution in [0.2, 0.25) is 5.02 Å². The molecular formula is C23H14ClFN2O3. The topological polar surface area (TPSA) is 61.2 Å². The first-order chi connectivity index (χ1) is 14.5. The third-order valence-corrected chi connectivity index (χ3v) is 4.68. The summed E-state index contributed by atoms with van der Waals surface area (Å²) in [7, 11) is 0. The summed E-state index contributed by atoms with van der Waals surface area (Å²) in [6.07, 6.45) is 2.60. The van der Waals surface area contributed by atoms with Crippen LogP contribution in [0.1, 0.15) is 5.56 Å². The largest absolute Gasteiger partial charge is 0.356 e. The van der Waals surface area contributed by atoms with Gasteiger partial charge in [-0.25, -0.2) is 14.2 Å². The molecule has 4 rings (SSSR count). The average molecular weight is 421 g/mol. The average Bonchev–Trinajstić information content (AvgIpc) is 2.75. The molecule has 0 amide bonds. The van der Waals surface area contributed by atoms with Crippen LogP contribution in [0.15, 0.2) is 83.7 Å². The van der Waals surface area contributed by atoms with Crippen molar-refractivity contribution in [1.29, 1.82) is 0 Å². The van der Waals surface area contributed by atoms with Gasteiger partial charge in [-0.3, -0.25) is 4.79 Å². The Labute approximate surface area is 175 Å². The molecule has 0 fully saturated rings. The summed E-state index contributed by atoms with van der Waals surface area (Å²) in [5, 5.41) is 0.693. The summed E-state index contributed by atoms with van der Waals surface area (Å²) >= 11 is 6.07. The highest BCUT2D eigenvalue weighted by Gasteiger charge is 2.18. The number of carbonyl (C=O) groups excluding carboxylic acids is 1. The van der Waals surface area contributed by atoms with Crippen LogP contribution in [0.25, 0.3) is 28.4 Å². The molecule has 0 bridgehead atoms. The number of para-hydroxylation sites is 1. The van der Waals surface area contributed by atoms with Crippen LogP contribution < -0.4 is 10.4 Å². The van der Waals surface area contributed by atoms with Crippen LogP contribution in [-0.4, -0.2) is 15.7 Å². The Morgan fingerprint density at radius 1 is 1.00 bits per heavy atom. The molecule has 4 aromatic rings. The molecule has 0 spiro atoms. The fraction of sp³-hybridized carbons (Fsp3) is 0. The van der Waals surface area contributed by atoms with Crippen LogP contribution in [0.5, 0.6) is 0 Å². The highest BCUT2D eigenvalue weighted by atomic mass is 35.5. The molecular weight excluding hydrogens is 407 g/mol. The SMILES string of the molecule is O=C(C=Cc1ccccc1Cl)On1c(-c2ccccc2F)nc2ccccc2c1=O. The van der Waals surface area contributed by atoms with Crippen molar-refractivity contribution in [2.75, 3.05) is 0 Å². The molecule has 30 heavy (non-hydrogen) atoms. The fourth-order valence-corrected chi connectivity index (χ4v) is 3.10. The van der Waals surface area contributed by atoms with Crippen molar-refractivity contribution in [2.45, 2.75) is 0 Å². The Hall–Kier alpha value is -3.77. The second-order valence-corrected chi connectivity index (χ2v) is 6.70. The second kappa shape index (κ2) is 8.31. The van der Waals surface area contributed by atoms with E-state index >= 15 is 0 Å². The molecule has 148 valence electrons. The van der Waals surface area contributed by atoms with Gasteiger partial charge < -0.3 is 4.84 Å². The Kier molecular flexibility index (Phi) is 5.41. The number of fused-ring (bicyclic) bond motifs is 1. The lowest BCUT2D eigenvalue weighted by Gasteiger charge is -2.12. The smallest absolute Gasteiger partial charge is 0.327 e. The van der Waals surface area contributed by atoms with Crippen molar-refractivity contribution in [3.63, 3.8) is 0 Å². The number of hydrogen-bond donors (Lipinski definition) is 0. The van der Waals surface area contributed by atoms with Gasteiger partial charge in [0.05, 0.1) is 16.5 Å².